The number of hydrogen-bond donors (Lipinski definition) is 0. The summed E-state index contributed by atoms with van der Waals surface area (Å²) in [5, 5.41) is 3.43. The Hall–Kier alpha value is -7.73. The maximum atomic E-state index is 5.40. The fourth-order valence-corrected chi connectivity index (χ4v) is 9.18. The quantitative estimate of drug-likeness (QED) is 0.159. The predicted octanol–water partition coefficient (Wildman–Crippen LogP) is 14.2. The second-order valence-corrected chi connectivity index (χ2v) is 16.0. The van der Waals surface area contributed by atoms with Crippen molar-refractivity contribution >= 4 is 60.6 Å². The van der Waals surface area contributed by atoms with Crippen LogP contribution in [-0.4, -0.2) is 21.1 Å². The van der Waals surface area contributed by atoms with Gasteiger partial charge in [0.1, 0.15) is 5.01 Å². The van der Waals surface area contributed by atoms with E-state index in [1.165, 1.54) is 15.5 Å². The molecule has 0 atom stereocenters. The minimum atomic E-state index is 0.627. The first-order chi connectivity index (χ1) is 29.6. The van der Waals surface area contributed by atoms with Crippen LogP contribution in [0.3, 0.4) is 0 Å². The number of nitrogens with zero attached hydrogens (tertiary/aromatic N) is 4. The number of aliphatic imine (C=N–C) groups is 2. The van der Waals surface area contributed by atoms with E-state index in [0.29, 0.717) is 5.84 Å². The molecule has 11 rings (SSSR count). The van der Waals surface area contributed by atoms with E-state index in [0.717, 1.165) is 88.7 Å². The molecule has 0 saturated carbocycles. The lowest BCUT2D eigenvalue weighted by Gasteiger charge is -2.13. The minimum absolute atomic E-state index is 0.627. The second kappa shape index (κ2) is 14.9. The van der Waals surface area contributed by atoms with Gasteiger partial charge in [-0.05, 0) is 88.5 Å². The van der Waals surface area contributed by atoms with Crippen molar-refractivity contribution in [3.05, 3.63) is 235 Å². The van der Waals surface area contributed by atoms with Crippen LogP contribution in [0.25, 0.3) is 76.2 Å². The lowest BCUT2D eigenvalue weighted by Crippen LogP contribution is -2.07. The standard InChI is InChI=1S/C55H36N4S/c1-36-31-49(39-19-9-4-10-20-39)56-54(44-33-42(37-15-5-2-6-16-37)32-43(34-44)38-17-7-3-8-18-38)58-53(36)40-25-28-45(29-26-40)59-50-23-13-11-21-46(50)47-30-27-41(35-51(47)59)55-57-48-22-12-14-24-52(48)60-55/h2-35H,1H2. The number of hydrogen-bond acceptors (Lipinski definition) is 4. The molecule has 0 N–H and O–H groups in total. The summed E-state index contributed by atoms with van der Waals surface area (Å²) in [6, 6.07) is 70.3. The van der Waals surface area contributed by atoms with E-state index in [1.54, 1.807) is 11.3 Å². The van der Waals surface area contributed by atoms with Crippen molar-refractivity contribution in [2.45, 2.75) is 0 Å². The number of benzene rings is 8. The van der Waals surface area contributed by atoms with Crippen molar-refractivity contribution in [2.24, 2.45) is 9.98 Å². The molecule has 2 aromatic heterocycles. The Balaban J connectivity index is 1.04. The first kappa shape index (κ1) is 35.4. The van der Waals surface area contributed by atoms with Crippen LogP contribution in [-0.2, 0) is 0 Å². The van der Waals surface area contributed by atoms with Gasteiger partial charge in [0.2, 0.25) is 0 Å². The molecule has 0 unspecified atom stereocenters. The van der Waals surface area contributed by atoms with Crippen molar-refractivity contribution in [3.63, 3.8) is 0 Å². The zero-order valence-electron chi connectivity index (χ0n) is 32.5. The number of amidine groups is 1. The third-order valence-corrected chi connectivity index (χ3v) is 12.2. The summed E-state index contributed by atoms with van der Waals surface area (Å²) in [6.45, 7) is 4.58. The molecule has 0 bridgehead atoms. The molecule has 60 heavy (non-hydrogen) atoms. The lowest BCUT2D eigenvalue weighted by atomic mass is 9.95. The van der Waals surface area contributed by atoms with Crippen LogP contribution in [0.15, 0.2) is 228 Å². The van der Waals surface area contributed by atoms with Gasteiger partial charge in [-0.3, -0.25) is 0 Å². The molecule has 10 aromatic rings. The Morgan fingerprint density at radius 1 is 0.433 bits per heavy atom. The van der Waals surface area contributed by atoms with E-state index in [9.17, 15) is 0 Å². The highest BCUT2D eigenvalue weighted by Crippen LogP contribution is 2.38. The second-order valence-electron chi connectivity index (χ2n) is 15.0. The van der Waals surface area contributed by atoms with Gasteiger partial charge in [0.05, 0.1) is 32.7 Å². The van der Waals surface area contributed by atoms with Crippen molar-refractivity contribution in [1.82, 2.24) is 9.55 Å². The summed E-state index contributed by atoms with van der Waals surface area (Å²) < 4.78 is 3.54. The molecule has 1 aliphatic rings. The summed E-state index contributed by atoms with van der Waals surface area (Å²) in [6.07, 6.45) is 2.06. The van der Waals surface area contributed by atoms with Crippen LogP contribution in [0.1, 0.15) is 16.7 Å². The normalized spacial score (nSPS) is 13.0. The SMILES string of the molecule is C=C1C=C(c2ccccc2)N=C(c2cc(-c3ccccc3)cc(-c3ccccc3)c2)N=C1c1ccc(-n2c3ccccc3c3ccc(-c4nc5ccccc5s4)cc32)cc1. The number of aromatic nitrogens is 2. The molecule has 1 aliphatic heterocycles. The monoisotopic (exact) mass is 784 g/mol. The maximum absolute atomic E-state index is 5.40. The Morgan fingerprint density at radius 2 is 1.02 bits per heavy atom. The molecule has 3 heterocycles. The Morgan fingerprint density at radius 3 is 1.72 bits per heavy atom. The van der Waals surface area contributed by atoms with Crippen molar-refractivity contribution in [1.29, 1.82) is 0 Å². The van der Waals surface area contributed by atoms with Crippen molar-refractivity contribution in [2.75, 3.05) is 0 Å². The van der Waals surface area contributed by atoms with Crippen LogP contribution in [0.5, 0.6) is 0 Å². The number of fused-ring (bicyclic) bond motifs is 4. The van der Waals surface area contributed by atoms with Gasteiger partial charge in [0.25, 0.3) is 0 Å². The first-order valence-corrected chi connectivity index (χ1v) is 20.8. The molecule has 5 heteroatoms. The van der Waals surface area contributed by atoms with Crippen LogP contribution in [0.4, 0.5) is 0 Å². The number of thiazole rings is 1. The zero-order chi connectivity index (χ0) is 40.0. The zero-order valence-corrected chi connectivity index (χ0v) is 33.4. The van der Waals surface area contributed by atoms with Gasteiger partial charge in [0.15, 0.2) is 5.84 Å². The smallest absolute Gasteiger partial charge is 0.160 e. The highest BCUT2D eigenvalue weighted by atomic mass is 32.1. The molecule has 4 nitrogen and oxygen atoms in total. The molecule has 0 amide bonds. The molecule has 0 fully saturated rings. The fraction of sp³-hybridized carbons (Fsp3) is 0. The van der Waals surface area contributed by atoms with E-state index in [2.05, 4.69) is 181 Å². The van der Waals surface area contributed by atoms with Gasteiger partial charge in [-0.25, -0.2) is 15.0 Å². The average Bonchev–Trinajstić information content (AvgIpc) is 3.84. The summed E-state index contributed by atoms with van der Waals surface area (Å²) in [7, 11) is 0. The Kier molecular flexibility index (Phi) is 8.80. The Bertz CT molecular complexity index is 3260. The molecular formula is C55H36N4S. The highest BCUT2D eigenvalue weighted by molar-refractivity contribution is 7.21. The van der Waals surface area contributed by atoms with Crippen LogP contribution < -0.4 is 0 Å². The summed E-state index contributed by atoms with van der Waals surface area (Å²) in [5.41, 5.74) is 15.2. The molecule has 0 aliphatic carbocycles. The summed E-state index contributed by atoms with van der Waals surface area (Å²) >= 11 is 1.73. The van der Waals surface area contributed by atoms with Crippen LogP contribution in [0, 0.1) is 0 Å². The molecule has 0 saturated heterocycles. The van der Waals surface area contributed by atoms with E-state index >= 15 is 0 Å². The third kappa shape index (κ3) is 6.48. The van der Waals surface area contributed by atoms with Crippen molar-refractivity contribution in [3.8, 4) is 38.5 Å². The van der Waals surface area contributed by atoms with E-state index < -0.39 is 0 Å². The molecule has 0 radical (unpaired) electrons. The fourth-order valence-electron chi connectivity index (χ4n) is 8.22. The summed E-state index contributed by atoms with van der Waals surface area (Å²) in [4.78, 5) is 15.7. The minimum Gasteiger partial charge on any atom is -0.309 e. The number of allylic oxidation sites excluding steroid dienone is 2. The molecular weight excluding hydrogens is 749 g/mol. The Labute approximate surface area is 352 Å². The topological polar surface area (TPSA) is 42.5 Å². The molecule has 282 valence electrons. The van der Waals surface area contributed by atoms with Crippen LogP contribution in [0.2, 0.25) is 0 Å². The third-order valence-electron chi connectivity index (χ3n) is 11.1. The van der Waals surface area contributed by atoms with Gasteiger partial charge in [-0.15, -0.1) is 11.3 Å². The average molecular weight is 785 g/mol. The van der Waals surface area contributed by atoms with E-state index in [4.69, 9.17) is 15.0 Å². The van der Waals surface area contributed by atoms with Gasteiger partial charge in [-0.2, -0.15) is 0 Å². The summed E-state index contributed by atoms with van der Waals surface area (Å²) in [5.74, 6) is 0.627. The lowest BCUT2D eigenvalue weighted by molar-refractivity contribution is 1.18. The predicted molar refractivity (Wildman–Crippen MR) is 253 cm³/mol. The van der Waals surface area contributed by atoms with Gasteiger partial charge in [-0.1, -0.05) is 152 Å². The van der Waals surface area contributed by atoms with Crippen LogP contribution >= 0.6 is 11.3 Å². The number of rotatable bonds is 7. The molecule has 0 spiro atoms. The van der Waals surface area contributed by atoms with E-state index in [-0.39, 0.29) is 0 Å². The van der Waals surface area contributed by atoms with Gasteiger partial charge >= 0.3 is 0 Å². The van der Waals surface area contributed by atoms with Gasteiger partial charge in [0, 0.05) is 38.7 Å². The maximum Gasteiger partial charge on any atom is 0.160 e. The van der Waals surface area contributed by atoms with E-state index in [1.807, 2.05) is 36.4 Å². The first-order valence-electron chi connectivity index (χ1n) is 20.0. The largest absolute Gasteiger partial charge is 0.309 e. The number of para-hydroxylation sites is 2. The van der Waals surface area contributed by atoms with Crippen molar-refractivity contribution < 1.29 is 0 Å². The molecule has 8 aromatic carbocycles. The van der Waals surface area contributed by atoms with Gasteiger partial charge < -0.3 is 4.57 Å². The highest BCUT2D eigenvalue weighted by Gasteiger charge is 2.20.